The molecule has 0 aromatic heterocycles. The van der Waals surface area contributed by atoms with E-state index in [9.17, 15) is 5.11 Å². The Hall–Kier alpha value is -0.0800. The van der Waals surface area contributed by atoms with Gasteiger partial charge in [0.25, 0.3) is 0 Å². The predicted molar refractivity (Wildman–Crippen MR) is 53.1 cm³/mol. The summed E-state index contributed by atoms with van der Waals surface area (Å²) in [5.41, 5.74) is 0. The molecule has 1 unspecified atom stereocenters. The minimum absolute atomic E-state index is 0.281. The van der Waals surface area contributed by atoms with Crippen LogP contribution in [0.3, 0.4) is 0 Å². The molecule has 0 aliphatic heterocycles. The summed E-state index contributed by atoms with van der Waals surface area (Å²) in [5, 5.41) is 12.4. The minimum atomic E-state index is -0.281. The molecule has 2 nitrogen and oxygen atoms in total. The summed E-state index contributed by atoms with van der Waals surface area (Å²) in [5.74, 6) is 0. The third-order valence-corrected chi connectivity index (χ3v) is 1.97. The average molecular weight is 173 g/mol. The van der Waals surface area contributed by atoms with Crippen molar-refractivity contribution in [3.05, 3.63) is 0 Å². The van der Waals surface area contributed by atoms with E-state index < -0.39 is 0 Å². The van der Waals surface area contributed by atoms with E-state index in [-0.39, 0.29) is 6.23 Å². The Bertz CT molecular complexity index is 85.9. The fraction of sp³-hybridized carbons (Fsp3) is 1.00. The summed E-state index contributed by atoms with van der Waals surface area (Å²) in [4.78, 5) is 0. The molecule has 0 rings (SSSR count). The molecule has 0 aromatic carbocycles. The van der Waals surface area contributed by atoms with Gasteiger partial charge >= 0.3 is 0 Å². The highest BCUT2D eigenvalue weighted by atomic mass is 16.3. The maximum absolute atomic E-state index is 9.29. The zero-order valence-corrected chi connectivity index (χ0v) is 8.47. The first kappa shape index (κ1) is 11.9. The third kappa shape index (κ3) is 8.02. The van der Waals surface area contributed by atoms with Crippen LogP contribution in [0, 0.1) is 0 Å². The van der Waals surface area contributed by atoms with Gasteiger partial charge in [0.2, 0.25) is 0 Å². The molecule has 0 bridgehead atoms. The van der Waals surface area contributed by atoms with E-state index in [1.165, 1.54) is 25.7 Å². The van der Waals surface area contributed by atoms with Crippen molar-refractivity contribution in [3.8, 4) is 0 Å². The summed E-state index contributed by atoms with van der Waals surface area (Å²) < 4.78 is 0. The van der Waals surface area contributed by atoms with Crippen LogP contribution in [0.25, 0.3) is 0 Å². The molecule has 2 N–H and O–H groups in total. The van der Waals surface area contributed by atoms with Gasteiger partial charge < -0.3 is 5.11 Å². The van der Waals surface area contributed by atoms with Gasteiger partial charge in [-0.3, -0.25) is 5.32 Å². The molecule has 2 heteroatoms. The summed E-state index contributed by atoms with van der Waals surface area (Å²) in [6.45, 7) is 5.25. The first-order valence-electron chi connectivity index (χ1n) is 5.22. The van der Waals surface area contributed by atoms with Crippen LogP contribution in [0.1, 0.15) is 52.4 Å². The number of nitrogens with one attached hydrogen (secondary N) is 1. The van der Waals surface area contributed by atoms with Crippen molar-refractivity contribution in [2.45, 2.75) is 58.6 Å². The summed E-state index contributed by atoms with van der Waals surface area (Å²) in [6, 6.07) is 0. The number of unbranched alkanes of at least 4 members (excludes halogenated alkanes) is 3. The highest BCUT2D eigenvalue weighted by Crippen LogP contribution is 1.98. The summed E-state index contributed by atoms with van der Waals surface area (Å²) >= 11 is 0. The lowest BCUT2D eigenvalue weighted by Gasteiger charge is -2.10. The van der Waals surface area contributed by atoms with Gasteiger partial charge in [-0.15, -0.1) is 0 Å². The number of aliphatic hydroxyl groups excluding tert-OH is 1. The zero-order chi connectivity index (χ0) is 9.23. The predicted octanol–water partition coefficient (Wildman–Crippen LogP) is 2.27. The van der Waals surface area contributed by atoms with Crippen molar-refractivity contribution in [2.75, 3.05) is 6.54 Å². The van der Waals surface area contributed by atoms with Crippen molar-refractivity contribution in [1.29, 1.82) is 0 Å². The van der Waals surface area contributed by atoms with Gasteiger partial charge in [0.15, 0.2) is 0 Å². The molecule has 0 aromatic rings. The second kappa shape index (κ2) is 9.01. The maximum Gasteiger partial charge on any atom is 0.104 e. The molecular weight excluding hydrogens is 150 g/mol. The van der Waals surface area contributed by atoms with Crippen LogP contribution in [0.2, 0.25) is 0 Å². The molecule has 0 aliphatic rings. The fourth-order valence-electron chi connectivity index (χ4n) is 1.20. The van der Waals surface area contributed by atoms with Crippen LogP contribution in [-0.4, -0.2) is 17.9 Å². The Kier molecular flexibility index (Phi) is 8.95. The average Bonchev–Trinajstić information content (AvgIpc) is 2.05. The lowest BCUT2D eigenvalue weighted by molar-refractivity contribution is 0.126. The normalized spacial score (nSPS) is 13.2. The molecule has 1 atom stereocenters. The topological polar surface area (TPSA) is 32.3 Å². The number of rotatable bonds is 8. The Morgan fingerprint density at radius 1 is 1.08 bits per heavy atom. The van der Waals surface area contributed by atoms with Gasteiger partial charge in [-0.1, -0.05) is 39.5 Å². The zero-order valence-electron chi connectivity index (χ0n) is 8.47. The molecule has 0 amide bonds. The standard InChI is InChI=1S/C10H23NO/c1-3-5-6-7-9-11-10(12)8-4-2/h10-12H,3-9H2,1-2H3. The van der Waals surface area contributed by atoms with E-state index in [1.807, 2.05) is 0 Å². The van der Waals surface area contributed by atoms with Crippen molar-refractivity contribution in [2.24, 2.45) is 0 Å². The van der Waals surface area contributed by atoms with Gasteiger partial charge in [0.05, 0.1) is 0 Å². The smallest absolute Gasteiger partial charge is 0.104 e. The van der Waals surface area contributed by atoms with Crippen molar-refractivity contribution in [1.82, 2.24) is 5.32 Å². The fourth-order valence-corrected chi connectivity index (χ4v) is 1.20. The van der Waals surface area contributed by atoms with Crippen LogP contribution in [0.15, 0.2) is 0 Å². The number of hydrogen-bond donors (Lipinski definition) is 2. The second-order valence-electron chi connectivity index (χ2n) is 3.32. The van der Waals surface area contributed by atoms with Gasteiger partial charge in [-0.25, -0.2) is 0 Å². The lowest BCUT2D eigenvalue weighted by Crippen LogP contribution is -2.29. The molecular formula is C10H23NO. The summed E-state index contributed by atoms with van der Waals surface area (Å²) in [7, 11) is 0. The first-order valence-corrected chi connectivity index (χ1v) is 5.22. The Morgan fingerprint density at radius 2 is 1.83 bits per heavy atom. The van der Waals surface area contributed by atoms with Gasteiger partial charge in [-0.05, 0) is 19.4 Å². The minimum Gasteiger partial charge on any atom is -0.379 e. The Labute approximate surface area is 76.4 Å². The summed E-state index contributed by atoms with van der Waals surface area (Å²) in [6.07, 6.45) is 6.69. The number of hydrogen-bond acceptors (Lipinski definition) is 2. The van der Waals surface area contributed by atoms with Crippen LogP contribution in [-0.2, 0) is 0 Å². The van der Waals surface area contributed by atoms with Crippen LogP contribution in [0.5, 0.6) is 0 Å². The molecule has 0 spiro atoms. The van der Waals surface area contributed by atoms with Crippen LogP contribution >= 0.6 is 0 Å². The van der Waals surface area contributed by atoms with E-state index >= 15 is 0 Å². The highest BCUT2D eigenvalue weighted by Gasteiger charge is 1.98. The van der Waals surface area contributed by atoms with E-state index in [2.05, 4.69) is 19.2 Å². The Balaban J connectivity index is 2.97. The Morgan fingerprint density at radius 3 is 2.42 bits per heavy atom. The molecule has 0 heterocycles. The van der Waals surface area contributed by atoms with Crippen molar-refractivity contribution in [3.63, 3.8) is 0 Å². The van der Waals surface area contributed by atoms with Crippen molar-refractivity contribution >= 4 is 0 Å². The highest BCUT2D eigenvalue weighted by molar-refractivity contribution is 4.52. The van der Waals surface area contributed by atoms with Crippen LogP contribution in [0.4, 0.5) is 0 Å². The molecule has 0 saturated carbocycles. The van der Waals surface area contributed by atoms with Gasteiger partial charge in [0, 0.05) is 0 Å². The first-order chi connectivity index (χ1) is 5.81. The monoisotopic (exact) mass is 173 g/mol. The molecule has 0 aliphatic carbocycles. The van der Waals surface area contributed by atoms with E-state index in [0.717, 1.165) is 19.4 Å². The largest absolute Gasteiger partial charge is 0.379 e. The number of aliphatic hydroxyl groups is 1. The van der Waals surface area contributed by atoms with E-state index in [4.69, 9.17) is 0 Å². The van der Waals surface area contributed by atoms with Gasteiger partial charge in [-0.2, -0.15) is 0 Å². The van der Waals surface area contributed by atoms with Crippen molar-refractivity contribution < 1.29 is 5.11 Å². The maximum atomic E-state index is 9.29. The molecule has 0 fully saturated rings. The lowest BCUT2D eigenvalue weighted by atomic mass is 10.2. The molecule has 0 radical (unpaired) electrons. The second-order valence-corrected chi connectivity index (χ2v) is 3.32. The van der Waals surface area contributed by atoms with Gasteiger partial charge in [0.1, 0.15) is 6.23 Å². The van der Waals surface area contributed by atoms with E-state index in [1.54, 1.807) is 0 Å². The van der Waals surface area contributed by atoms with E-state index in [0.29, 0.717) is 0 Å². The van der Waals surface area contributed by atoms with Crippen LogP contribution < -0.4 is 5.32 Å². The molecule has 12 heavy (non-hydrogen) atoms. The molecule has 74 valence electrons. The molecule has 0 saturated heterocycles. The SMILES string of the molecule is CCCCCCNC(O)CCC. The third-order valence-electron chi connectivity index (χ3n) is 1.97. The quantitative estimate of drug-likeness (QED) is 0.436.